The Balaban J connectivity index is 2.15. The Morgan fingerprint density at radius 3 is 2.10 bits per heavy atom. The highest BCUT2D eigenvalue weighted by molar-refractivity contribution is 6.15. The molecule has 0 bridgehead atoms. The third-order valence-electron chi connectivity index (χ3n) is 4.18. The first-order valence-electron chi connectivity index (χ1n) is 7.20. The Kier molecular flexibility index (Phi) is 3.38. The van der Waals surface area contributed by atoms with E-state index in [0.717, 1.165) is 28.7 Å². The number of hydrogen-bond acceptors (Lipinski definition) is 2. The van der Waals surface area contributed by atoms with E-state index in [2.05, 4.69) is 19.1 Å². The van der Waals surface area contributed by atoms with Gasteiger partial charge in [-0.3, -0.25) is 4.79 Å². The van der Waals surface area contributed by atoms with Crippen molar-refractivity contribution in [1.82, 2.24) is 0 Å². The van der Waals surface area contributed by atoms with Crippen LogP contribution in [0.5, 0.6) is 0 Å². The van der Waals surface area contributed by atoms with Gasteiger partial charge in [-0.15, -0.1) is 0 Å². The standard InChI is InChI=1S/C19H18O2/c1-3-16-17(14-10-6-4-7-11-14)19(16,18(20)21-2)15-12-8-5-9-13-15/h4-13H,3H2,1-2H3. The van der Waals surface area contributed by atoms with Crippen LogP contribution in [-0.4, -0.2) is 13.1 Å². The summed E-state index contributed by atoms with van der Waals surface area (Å²) in [4.78, 5) is 12.6. The first-order chi connectivity index (χ1) is 10.3. The van der Waals surface area contributed by atoms with Crippen molar-refractivity contribution < 1.29 is 9.53 Å². The van der Waals surface area contributed by atoms with Gasteiger partial charge >= 0.3 is 5.97 Å². The van der Waals surface area contributed by atoms with E-state index >= 15 is 0 Å². The van der Waals surface area contributed by atoms with Crippen LogP contribution in [0, 0.1) is 0 Å². The minimum Gasteiger partial charge on any atom is -0.468 e. The number of rotatable bonds is 4. The Labute approximate surface area is 125 Å². The SMILES string of the molecule is CCC1=C(c2ccccc2)C1(C(=O)OC)c1ccccc1. The van der Waals surface area contributed by atoms with Gasteiger partial charge < -0.3 is 4.74 Å². The molecular weight excluding hydrogens is 260 g/mol. The first-order valence-corrected chi connectivity index (χ1v) is 7.20. The number of hydrogen-bond donors (Lipinski definition) is 0. The summed E-state index contributed by atoms with van der Waals surface area (Å²) in [5, 5.41) is 0. The molecule has 1 aliphatic rings. The molecule has 1 aliphatic carbocycles. The second-order valence-electron chi connectivity index (χ2n) is 5.18. The molecule has 0 spiro atoms. The molecule has 2 nitrogen and oxygen atoms in total. The fourth-order valence-electron chi connectivity index (χ4n) is 3.27. The summed E-state index contributed by atoms with van der Waals surface area (Å²) in [6, 6.07) is 20.0. The zero-order chi connectivity index (χ0) is 14.9. The number of carbonyl (C=O) groups is 1. The fraction of sp³-hybridized carbons (Fsp3) is 0.211. The summed E-state index contributed by atoms with van der Waals surface area (Å²) in [5.74, 6) is -0.190. The second kappa shape index (κ2) is 5.21. The number of carbonyl (C=O) groups excluding carboxylic acids is 1. The van der Waals surface area contributed by atoms with Gasteiger partial charge in [-0.1, -0.05) is 67.6 Å². The molecule has 2 aromatic carbocycles. The van der Waals surface area contributed by atoms with Crippen molar-refractivity contribution >= 4 is 11.5 Å². The maximum Gasteiger partial charge on any atom is 0.325 e. The number of ether oxygens (including phenoxy) is 1. The largest absolute Gasteiger partial charge is 0.468 e. The summed E-state index contributed by atoms with van der Waals surface area (Å²) >= 11 is 0. The van der Waals surface area contributed by atoms with Gasteiger partial charge in [-0.2, -0.15) is 0 Å². The summed E-state index contributed by atoms with van der Waals surface area (Å²) in [5.41, 5.74) is 3.66. The van der Waals surface area contributed by atoms with Crippen molar-refractivity contribution in [2.45, 2.75) is 18.8 Å². The third kappa shape index (κ3) is 1.90. The zero-order valence-corrected chi connectivity index (χ0v) is 12.3. The van der Waals surface area contributed by atoms with E-state index in [1.807, 2.05) is 48.5 Å². The van der Waals surface area contributed by atoms with Crippen molar-refractivity contribution in [3.05, 3.63) is 77.4 Å². The van der Waals surface area contributed by atoms with Crippen molar-refractivity contribution in [2.75, 3.05) is 7.11 Å². The van der Waals surface area contributed by atoms with Gasteiger partial charge in [0.2, 0.25) is 0 Å². The number of methoxy groups -OCH3 is 1. The van der Waals surface area contributed by atoms with E-state index in [1.165, 1.54) is 7.11 Å². The van der Waals surface area contributed by atoms with Crippen LogP contribution in [0.15, 0.2) is 66.2 Å². The molecule has 0 heterocycles. The summed E-state index contributed by atoms with van der Waals surface area (Å²) in [6.45, 7) is 2.09. The molecule has 2 heteroatoms. The minimum absolute atomic E-state index is 0.190. The van der Waals surface area contributed by atoms with Crippen molar-refractivity contribution in [1.29, 1.82) is 0 Å². The van der Waals surface area contributed by atoms with Crippen LogP contribution >= 0.6 is 0 Å². The second-order valence-corrected chi connectivity index (χ2v) is 5.18. The Morgan fingerprint density at radius 2 is 1.57 bits per heavy atom. The molecule has 0 aliphatic heterocycles. The predicted octanol–water partition coefficient (Wildman–Crippen LogP) is 3.97. The highest BCUT2D eigenvalue weighted by atomic mass is 16.5. The molecule has 0 radical (unpaired) electrons. The van der Waals surface area contributed by atoms with Crippen LogP contribution in [-0.2, 0) is 14.9 Å². The molecule has 2 aromatic rings. The van der Waals surface area contributed by atoms with Crippen LogP contribution < -0.4 is 0 Å². The quantitative estimate of drug-likeness (QED) is 0.791. The van der Waals surface area contributed by atoms with Crippen LogP contribution in [0.4, 0.5) is 0 Å². The number of benzene rings is 2. The van der Waals surface area contributed by atoms with E-state index < -0.39 is 5.41 Å². The molecule has 0 amide bonds. The Hall–Kier alpha value is -2.35. The molecule has 0 fully saturated rings. The average molecular weight is 278 g/mol. The molecule has 0 saturated carbocycles. The molecule has 106 valence electrons. The van der Waals surface area contributed by atoms with Gasteiger partial charge in [0.05, 0.1) is 7.11 Å². The normalized spacial score (nSPS) is 20.3. The lowest BCUT2D eigenvalue weighted by Crippen LogP contribution is -2.27. The molecular formula is C19H18O2. The predicted molar refractivity (Wildman–Crippen MR) is 83.8 cm³/mol. The molecule has 0 aromatic heterocycles. The highest BCUT2D eigenvalue weighted by Crippen LogP contribution is 2.61. The lowest BCUT2D eigenvalue weighted by atomic mass is 9.86. The van der Waals surface area contributed by atoms with Gasteiger partial charge in [0.15, 0.2) is 0 Å². The monoisotopic (exact) mass is 278 g/mol. The molecule has 0 N–H and O–H groups in total. The van der Waals surface area contributed by atoms with Gasteiger partial charge in [-0.05, 0) is 28.7 Å². The van der Waals surface area contributed by atoms with E-state index in [9.17, 15) is 4.79 Å². The lowest BCUT2D eigenvalue weighted by Gasteiger charge is -2.18. The van der Waals surface area contributed by atoms with Crippen LogP contribution in [0.3, 0.4) is 0 Å². The molecule has 3 rings (SSSR count). The first kappa shape index (κ1) is 13.6. The molecule has 21 heavy (non-hydrogen) atoms. The van der Waals surface area contributed by atoms with Crippen molar-refractivity contribution in [2.24, 2.45) is 0 Å². The molecule has 1 unspecified atom stereocenters. The summed E-state index contributed by atoms with van der Waals surface area (Å²) in [7, 11) is 1.46. The maximum atomic E-state index is 12.6. The average Bonchev–Trinajstić information content (AvgIpc) is 3.26. The highest BCUT2D eigenvalue weighted by Gasteiger charge is 2.60. The van der Waals surface area contributed by atoms with Crippen LogP contribution in [0.1, 0.15) is 24.5 Å². The van der Waals surface area contributed by atoms with Crippen molar-refractivity contribution in [3.63, 3.8) is 0 Å². The molecule has 1 atom stereocenters. The number of esters is 1. The van der Waals surface area contributed by atoms with E-state index in [4.69, 9.17) is 4.74 Å². The minimum atomic E-state index is -0.688. The van der Waals surface area contributed by atoms with Gasteiger partial charge in [0, 0.05) is 0 Å². The Bertz CT molecular complexity index is 686. The summed E-state index contributed by atoms with van der Waals surface area (Å²) in [6.07, 6.45) is 0.841. The smallest absolute Gasteiger partial charge is 0.325 e. The van der Waals surface area contributed by atoms with Gasteiger partial charge in [0.25, 0.3) is 0 Å². The van der Waals surface area contributed by atoms with Crippen molar-refractivity contribution in [3.8, 4) is 0 Å². The van der Waals surface area contributed by atoms with E-state index in [-0.39, 0.29) is 5.97 Å². The lowest BCUT2D eigenvalue weighted by molar-refractivity contribution is -0.142. The maximum absolute atomic E-state index is 12.6. The Morgan fingerprint density at radius 1 is 1.00 bits per heavy atom. The van der Waals surface area contributed by atoms with Crippen LogP contribution in [0.25, 0.3) is 5.57 Å². The zero-order valence-electron chi connectivity index (χ0n) is 12.3. The third-order valence-corrected chi connectivity index (χ3v) is 4.18. The van der Waals surface area contributed by atoms with E-state index in [1.54, 1.807) is 0 Å². The van der Waals surface area contributed by atoms with Crippen LogP contribution in [0.2, 0.25) is 0 Å². The molecule has 0 saturated heterocycles. The summed E-state index contributed by atoms with van der Waals surface area (Å²) < 4.78 is 5.14. The van der Waals surface area contributed by atoms with Gasteiger partial charge in [0.1, 0.15) is 5.41 Å². The topological polar surface area (TPSA) is 26.3 Å². The fourth-order valence-corrected chi connectivity index (χ4v) is 3.27. The van der Waals surface area contributed by atoms with E-state index in [0.29, 0.717) is 0 Å². The van der Waals surface area contributed by atoms with Gasteiger partial charge in [-0.25, -0.2) is 0 Å².